The first-order valence-electron chi connectivity index (χ1n) is 8.14. The van der Waals surface area contributed by atoms with Gasteiger partial charge in [-0.2, -0.15) is 11.8 Å². The summed E-state index contributed by atoms with van der Waals surface area (Å²) >= 11 is 1.87. The van der Waals surface area contributed by atoms with Crippen LogP contribution < -0.4 is 5.32 Å². The fourth-order valence-electron chi connectivity index (χ4n) is 2.61. The maximum atomic E-state index is 11.9. The zero-order valence-electron chi connectivity index (χ0n) is 13.6. The number of thioether (sulfide) groups is 1. The zero-order chi connectivity index (χ0) is 16.0. The third kappa shape index (κ3) is 5.33. The van der Waals surface area contributed by atoms with E-state index >= 15 is 0 Å². The zero-order valence-corrected chi connectivity index (χ0v) is 14.4. The largest absolute Gasteiger partial charge is 0.388 e. The van der Waals surface area contributed by atoms with Crippen LogP contribution in [0.3, 0.4) is 0 Å². The van der Waals surface area contributed by atoms with Gasteiger partial charge in [-0.05, 0) is 47.8 Å². The molecule has 0 atom stereocenters. The summed E-state index contributed by atoms with van der Waals surface area (Å²) in [5.74, 6) is 2.52. The number of benzene rings is 1. The lowest BCUT2D eigenvalue weighted by atomic mass is 9.96. The van der Waals surface area contributed by atoms with Crippen LogP contribution in [0.25, 0.3) is 0 Å². The van der Waals surface area contributed by atoms with Crippen molar-refractivity contribution in [1.29, 1.82) is 0 Å². The summed E-state index contributed by atoms with van der Waals surface area (Å²) in [5.41, 5.74) is 1.82. The molecule has 1 heterocycles. The highest BCUT2D eigenvalue weighted by atomic mass is 32.2. The molecule has 1 aliphatic heterocycles. The number of nitrogens with one attached hydrogen (secondary N) is 1. The highest BCUT2D eigenvalue weighted by Crippen LogP contribution is 2.26. The molecule has 0 bridgehead atoms. The molecule has 0 unspecified atom stereocenters. The van der Waals surface area contributed by atoms with Gasteiger partial charge >= 0.3 is 0 Å². The molecule has 1 fully saturated rings. The molecule has 2 N–H and O–H groups in total. The van der Waals surface area contributed by atoms with Crippen LogP contribution in [0.1, 0.15) is 50.2 Å². The molecule has 0 saturated carbocycles. The second-order valence-electron chi connectivity index (χ2n) is 6.51. The summed E-state index contributed by atoms with van der Waals surface area (Å²) in [6.45, 7) is 4.74. The number of carbonyl (C=O) groups excluding carboxylic acids is 1. The number of carbonyl (C=O) groups is 1. The first-order valence-corrected chi connectivity index (χ1v) is 9.30. The van der Waals surface area contributed by atoms with Gasteiger partial charge < -0.3 is 10.4 Å². The van der Waals surface area contributed by atoms with E-state index in [1.807, 2.05) is 11.8 Å². The maximum Gasteiger partial charge on any atom is 0.220 e. The van der Waals surface area contributed by atoms with E-state index in [0.29, 0.717) is 18.9 Å². The lowest BCUT2D eigenvalue weighted by molar-refractivity contribution is -0.122. The molecule has 4 heteroatoms. The molecule has 1 aromatic carbocycles. The Morgan fingerprint density at radius 3 is 2.50 bits per heavy atom. The fourth-order valence-corrected chi connectivity index (χ4v) is 3.86. The predicted octanol–water partition coefficient (Wildman–Crippen LogP) is 3.12. The molecule has 1 amide bonds. The molecule has 0 radical (unpaired) electrons. The Bertz CT molecular complexity index is 478. The highest BCUT2D eigenvalue weighted by Gasteiger charge is 2.29. The van der Waals surface area contributed by atoms with Crippen LogP contribution in [0.4, 0.5) is 0 Å². The maximum absolute atomic E-state index is 11.9. The number of rotatable bonds is 6. The van der Waals surface area contributed by atoms with Crippen molar-refractivity contribution in [2.24, 2.45) is 0 Å². The van der Waals surface area contributed by atoms with Crippen LogP contribution in [0.5, 0.6) is 0 Å². The third-order valence-electron chi connectivity index (χ3n) is 4.33. The Kier molecular flexibility index (Phi) is 6.33. The number of amides is 1. The molecular weight excluding hydrogens is 294 g/mol. The molecular formula is C18H27NO2S. The van der Waals surface area contributed by atoms with Gasteiger partial charge in [0, 0.05) is 13.0 Å². The van der Waals surface area contributed by atoms with Crippen molar-refractivity contribution >= 4 is 17.7 Å². The quantitative estimate of drug-likeness (QED) is 0.846. The molecule has 122 valence electrons. The van der Waals surface area contributed by atoms with Crippen LogP contribution >= 0.6 is 11.8 Å². The van der Waals surface area contributed by atoms with Gasteiger partial charge in [0.25, 0.3) is 0 Å². The van der Waals surface area contributed by atoms with E-state index in [4.69, 9.17) is 0 Å². The van der Waals surface area contributed by atoms with Gasteiger partial charge in [0.05, 0.1) is 5.60 Å². The Labute approximate surface area is 137 Å². The van der Waals surface area contributed by atoms with E-state index in [1.54, 1.807) is 0 Å². The van der Waals surface area contributed by atoms with Crippen molar-refractivity contribution in [1.82, 2.24) is 5.32 Å². The minimum absolute atomic E-state index is 0.0274. The Hall–Kier alpha value is -1.00. The van der Waals surface area contributed by atoms with Gasteiger partial charge in [0.1, 0.15) is 0 Å². The molecule has 1 saturated heterocycles. The normalized spacial score (nSPS) is 17.5. The van der Waals surface area contributed by atoms with Gasteiger partial charge in [0.15, 0.2) is 0 Å². The van der Waals surface area contributed by atoms with Gasteiger partial charge in [-0.1, -0.05) is 38.1 Å². The van der Waals surface area contributed by atoms with Crippen molar-refractivity contribution in [3.05, 3.63) is 35.4 Å². The average molecular weight is 321 g/mol. The van der Waals surface area contributed by atoms with Crippen LogP contribution in [0.2, 0.25) is 0 Å². The van der Waals surface area contributed by atoms with Crippen molar-refractivity contribution in [3.63, 3.8) is 0 Å². The van der Waals surface area contributed by atoms with Gasteiger partial charge in [0.2, 0.25) is 5.91 Å². The summed E-state index contributed by atoms with van der Waals surface area (Å²) in [6, 6.07) is 8.49. The highest BCUT2D eigenvalue weighted by molar-refractivity contribution is 7.99. The van der Waals surface area contributed by atoms with Gasteiger partial charge in [-0.15, -0.1) is 0 Å². The smallest absolute Gasteiger partial charge is 0.220 e. The van der Waals surface area contributed by atoms with E-state index < -0.39 is 5.60 Å². The second kappa shape index (κ2) is 8.02. The molecule has 2 rings (SSSR count). The van der Waals surface area contributed by atoms with E-state index in [1.165, 1.54) is 11.1 Å². The molecule has 1 aliphatic rings. The molecule has 3 nitrogen and oxygen atoms in total. The third-order valence-corrected chi connectivity index (χ3v) is 5.31. The fraction of sp³-hybridized carbons (Fsp3) is 0.611. The topological polar surface area (TPSA) is 49.3 Å². The minimum atomic E-state index is -0.695. The Balaban J connectivity index is 1.73. The lowest BCUT2D eigenvalue weighted by Crippen LogP contribution is -2.45. The summed E-state index contributed by atoms with van der Waals surface area (Å²) < 4.78 is 0. The summed E-state index contributed by atoms with van der Waals surface area (Å²) in [4.78, 5) is 11.9. The molecule has 0 aliphatic carbocycles. The van der Waals surface area contributed by atoms with Crippen LogP contribution in [0, 0.1) is 0 Å². The van der Waals surface area contributed by atoms with Crippen molar-refractivity contribution in [3.8, 4) is 0 Å². The predicted molar refractivity (Wildman–Crippen MR) is 93.4 cm³/mol. The molecule has 1 aromatic rings. The number of aliphatic hydroxyl groups is 1. The van der Waals surface area contributed by atoms with E-state index in [9.17, 15) is 9.90 Å². The molecule has 22 heavy (non-hydrogen) atoms. The van der Waals surface area contributed by atoms with Crippen molar-refractivity contribution in [2.45, 2.75) is 51.0 Å². The van der Waals surface area contributed by atoms with E-state index in [0.717, 1.165) is 30.8 Å². The number of hydrogen-bond acceptors (Lipinski definition) is 3. The first kappa shape index (κ1) is 17.4. The van der Waals surface area contributed by atoms with Crippen LogP contribution in [0.15, 0.2) is 24.3 Å². The van der Waals surface area contributed by atoms with Crippen LogP contribution in [-0.4, -0.2) is 34.7 Å². The average Bonchev–Trinajstić information content (AvgIpc) is 2.52. The van der Waals surface area contributed by atoms with Gasteiger partial charge in [-0.3, -0.25) is 4.79 Å². The summed E-state index contributed by atoms with van der Waals surface area (Å²) in [6.07, 6.45) is 2.77. The van der Waals surface area contributed by atoms with Gasteiger partial charge in [-0.25, -0.2) is 0 Å². The number of hydrogen-bond donors (Lipinski definition) is 2. The summed E-state index contributed by atoms with van der Waals surface area (Å²) in [7, 11) is 0. The molecule has 0 aromatic heterocycles. The number of aryl methyl sites for hydroxylation is 1. The van der Waals surface area contributed by atoms with E-state index in [-0.39, 0.29) is 5.91 Å². The Morgan fingerprint density at radius 1 is 1.27 bits per heavy atom. The Morgan fingerprint density at radius 2 is 1.91 bits per heavy atom. The standard InChI is InChI=1S/C18H27NO2S/c1-14(2)16-6-3-15(4-7-16)5-8-17(20)19-13-18(21)9-11-22-12-10-18/h3-4,6-7,14,21H,5,8-13H2,1-2H3,(H,19,20). The van der Waals surface area contributed by atoms with Crippen LogP contribution in [-0.2, 0) is 11.2 Å². The van der Waals surface area contributed by atoms with E-state index in [2.05, 4.69) is 43.4 Å². The summed E-state index contributed by atoms with van der Waals surface area (Å²) in [5, 5.41) is 13.3. The second-order valence-corrected chi connectivity index (χ2v) is 7.73. The minimum Gasteiger partial charge on any atom is -0.388 e. The molecule has 0 spiro atoms. The lowest BCUT2D eigenvalue weighted by Gasteiger charge is -2.31. The first-order chi connectivity index (χ1) is 10.5. The van der Waals surface area contributed by atoms with Crippen molar-refractivity contribution < 1.29 is 9.90 Å². The SMILES string of the molecule is CC(C)c1ccc(CCC(=O)NCC2(O)CCSCC2)cc1. The monoisotopic (exact) mass is 321 g/mol. The van der Waals surface area contributed by atoms with Crippen molar-refractivity contribution in [2.75, 3.05) is 18.1 Å².